The molecular weight excluding hydrogens is 871 g/mol. The molecule has 0 N–H and O–H groups in total. The summed E-state index contributed by atoms with van der Waals surface area (Å²) in [6, 6.07) is 61.8. The average molecular weight is 922 g/mol. The van der Waals surface area contributed by atoms with Crippen LogP contribution in [0.4, 0.5) is 17.1 Å². The molecule has 69 heavy (non-hydrogen) atoms. The van der Waals surface area contributed by atoms with Gasteiger partial charge in [0.1, 0.15) is 38.5 Å². The van der Waals surface area contributed by atoms with Gasteiger partial charge in [0.2, 0.25) is 0 Å². The van der Waals surface area contributed by atoms with Gasteiger partial charge in [-0.2, -0.15) is 0 Å². The number of anilines is 3. The van der Waals surface area contributed by atoms with Crippen molar-refractivity contribution < 1.29 is 8.83 Å². The summed E-state index contributed by atoms with van der Waals surface area (Å²) >= 11 is 0. The summed E-state index contributed by atoms with van der Waals surface area (Å²) in [6.45, 7) is 20.0. The molecule has 9 aromatic carbocycles. The fourth-order valence-corrected chi connectivity index (χ4v) is 20.2. The highest BCUT2D eigenvalue weighted by atomic mass is 28.3. The Labute approximate surface area is 404 Å². The topological polar surface area (TPSA) is 29.5 Å². The molecule has 4 aliphatic rings. The second kappa shape index (κ2) is 12.9. The highest BCUT2D eigenvalue weighted by Crippen LogP contribution is 2.63. The fraction of sp³-hybridized carbons (Fsp3) is 0.156. The number of fused-ring (bicyclic) bond motifs is 22. The molecule has 2 aromatic heterocycles. The van der Waals surface area contributed by atoms with E-state index in [2.05, 4.69) is 223 Å². The summed E-state index contributed by atoms with van der Waals surface area (Å²) in [5, 5.41) is 11.0. The molecular formula is C64H51NO2Si2. The van der Waals surface area contributed by atoms with Crippen LogP contribution >= 0.6 is 0 Å². The minimum absolute atomic E-state index is 0.207. The van der Waals surface area contributed by atoms with Crippen LogP contribution in [0.1, 0.15) is 49.9 Å². The second-order valence-corrected chi connectivity index (χ2v) is 31.0. The smallest absolute Gasteiger partial charge is 0.144 e. The Morgan fingerprint density at radius 1 is 0.377 bits per heavy atom. The molecule has 11 aromatic rings. The molecule has 2 aliphatic carbocycles. The standard InChI is InChI=1S/C64H51NO2Si2/c1-63(2)46-23-15-12-20-40(46)59-61(63)60-57(58-43-22-14-17-25-49(43)67-62(58)59)41-29-27-37(32-47(41)64(60,3)4)65(36-18-10-9-11-19-36)38-26-28-39-44-34-54-45(35-53(44)69(7,8)52(39)33-38)56-51(68(54,5)6)31-30-50-55(56)42-21-13-16-24-48(42)66-50/h9-35H,1-8H3. The van der Waals surface area contributed by atoms with Crippen LogP contribution in [0.5, 0.6) is 0 Å². The molecule has 0 spiro atoms. The van der Waals surface area contributed by atoms with Crippen molar-refractivity contribution in [2.24, 2.45) is 0 Å². The molecule has 0 atom stereocenters. The van der Waals surface area contributed by atoms with Crippen molar-refractivity contribution in [3.05, 3.63) is 186 Å². The molecule has 0 amide bonds. The summed E-state index contributed by atoms with van der Waals surface area (Å²) in [5.41, 5.74) is 23.3. The summed E-state index contributed by atoms with van der Waals surface area (Å²) in [4.78, 5) is 2.51. The normalized spacial score (nSPS) is 16.6. The van der Waals surface area contributed by atoms with Crippen LogP contribution in [0.25, 0.3) is 88.4 Å². The van der Waals surface area contributed by atoms with Crippen molar-refractivity contribution in [2.45, 2.75) is 64.7 Å². The number of benzene rings is 9. The number of hydrogen-bond acceptors (Lipinski definition) is 3. The second-order valence-electron chi connectivity index (χ2n) is 22.4. The maximum atomic E-state index is 6.98. The largest absolute Gasteiger partial charge is 0.456 e. The minimum Gasteiger partial charge on any atom is -0.456 e. The van der Waals surface area contributed by atoms with Gasteiger partial charge >= 0.3 is 0 Å². The van der Waals surface area contributed by atoms with Gasteiger partial charge in [0, 0.05) is 55.0 Å². The van der Waals surface area contributed by atoms with E-state index in [9.17, 15) is 0 Å². The highest BCUT2D eigenvalue weighted by molar-refractivity contribution is 7.06. The predicted octanol–water partition coefficient (Wildman–Crippen LogP) is 15.2. The number of para-hydroxylation sites is 3. The maximum Gasteiger partial charge on any atom is 0.144 e. The number of furan rings is 2. The minimum atomic E-state index is -2.20. The Hall–Kier alpha value is -7.19. The SMILES string of the molecule is CC1(C)c2ccccc2-c2c1c1c(c3c2oc2ccccc23)-c2ccc(N(c3ccccc3)c3ccc4c(c3)[Si](C)(C)c3cc5c(cc3-4)[Si](C)(C)c3ccc4oc6ccccc6c4c3-5)cc2C1(C)C. The van der Waals surface area contributed by atoms with E-state index >= 15 is 0 Å². The quantitative estimate of drug-likeness (QED) is 0.165. The third-order valence-electron chi connectivity index (χ3n) is 17.4. The van der Waals surface area contributed by atoms with E-state index in [0.29, 0.717) is 0 Å². The third kappa shape index (κ3) is 4.82. The zero-order valence-corrected chi connectivity index (χ0v) is 42.4. The summed E-state index contributed by atoms with van der Waals surface area (Å²) in [5.74, 6) is 0. The number of rotatable bonds is 3. The molecule has 0 saturated carbocycles. The first-order valence-corrected chi connectivity index (χ1v) is 30.7. The Kier molecular flexibility index (Phi) is 7.44. The number of hydrogen-bond donors (Lipinski definition) is 0. The van der Waals surface area contributed by atoms with Crippen LogP contribution in [0.3, 0.4) is 0 Å². The fourth-order valence-electron chi connectivity index (χ4n) is 14.1. The van der Waals surface area contributed by atoms with Crippen molar-refractivity contribution >= 4 is 97.8 Å². The average Bonchev–Trinajstić information content (AvgIpc) is 4.14. The Bertz CT molecular complexity index is 4150. The van der Waals surface area contributed by atoms with E-state index in [-0.39, 0.29) is 10.8 Å². The predicted molar refractivity (Wildman–Crippen MR) is 295 cm³/mol. The van der Waals surface area contributed by atoms with E-state index in [1.807, 2.05) is 0 Å². The zero-order chi connectivity index (χ0) is 46.7. The lowest BCUT2D eigenvalue weighted by Gasteiger charge is -2.32. The van der Waals surface area contributed by atoms with Crippen molar-refractivity contribution in [3.8, 4) is 44.5 Å². The number of nitrogens with zero attached hydrogens (tertiary/aromatic N) is 1. The van der Waals surface area contributed by atoms with Crippen molar-refractivity contribution in [1.82, 2.24) is 0 Å². The molecule has 0 fully saturated rings. The summed E-state index contributed by atoms with van der Waals surface area (Å²) in [7, 11) is -4.22. The molecule has 0 unspecified atom stereocenters. The van der Waals surface area contributed by atoms with Crippen LogP contribution in [0.2, 0.25) is 26.2 Å². The third-order valence-corrected chi connectivity index (χ3v) is 24.4. The van der Waals surface area contributed by atoms with Gasteiger partial charge in [0.25, 0.3) is 0 Å². The summed E-state index contributed by atoms with van der Waals surface area (Å²) < 4.78 is 13.5. The van der Waals surface area contributed by atoms with E-state index in [0.717, 1.165) is 28.0 Å². The van der Waals surface area contributed by atoms with Crippen molar-refractivity contribution in [3.63, 3.8) is 0 Å². The maximum absolute atomic E-state index is 6.98. The first-order chi connectivity index (χ1) is 33.3. The van der Waals surface area contributed by atoms with Gasteiger partial charge in [0.05, 0.1) is 0 Å². The summed E-state index contributed by atoms with van der Waals surface area (Å²) in [6.07, 6.45) is 0. The van der Waals surface area contributed by atoms with Crippen LogP contribution in [-0.2, 0) is 10.8 Å². The Morgan fingerprint density at radius 3 is 1.72 bits per heavy atom. The molecule has 5 heteroatoms. The zero-order valence-electron chi connectivity index (χ0n) is 40.4. The molecule has 0 bridgehead atoms. The van der Waals surface area contributed by atoms with Gasteiger partial charge in [-0.3, -0.25) is 0 Å². The molecule has 0 radical (unpaired) electrons. The molecule has 2 aliphatic heterocycles. The van der Waals surface area contributed by atoms with Crippen molar-refractivity contribution in [2.75, 3.05) is 4.90 Å². The van der Waals surface area contributed by atoms with Gasteiger partial charge < -0.3 is 13.7 Å². The van der Waals surface area contributed by atoms with Gasteiger partial charge in [-0.1, -0.05) is 163 Å². The van der Waals surface area contributed by atoms with E-state index in [1.54, 1.807) is 5.19 Å². The van der Waals surface area contributed by atoms with Gasteiger partial charge in [-0.05, 0) is 137 Å². The van der Waals surface area contributed by atoms with Gasteiger partial charge in [0.15, 0.2) is 0 Å². The van der Waals surface area contributed by atoms with E-state index in [1.165, 1.54) is 115 Å². The Balaban J connectivity index is 0.907. The van der Waals surface area contributed by atoms with E-state index < -0.39 is 16.1 Å². The van der Waals surface area contributed by atoms with E-state index in [4.69, 9.17) is 8.83 Å². The first-order valence-electron chi connectivity index (χ1n) is 24.7. The lowest BCUT2D eigenvalue weighted by molar-refractivity contribution is 0.600. The monoisotopic (exact) mass is 921 g/mol. The molecule has 332 valence electrons. The molecule has 3 nitrogen and oxygen atoms in total. The van der Waals surface area contributed by atoms with Crippen LogP contribution in [0, 0.1) is 0 Å². The molecule has 15 rings (SSSR count). The molecule has 0 saturated heterocycles. The van der Waals surface area contributed by atoms with Gasteiger partial charge in [-0.25, -0.2) is 0 Å². The van der Waals surface area contributed by atoms with Crippen molar-refractivity contribution in [1.29, 1.82) is 0 Å². The van der Waals surface area contributed by atoms with Crippen LogP contribution < -0.4 is 25.6 Å². The Morgan fingerprint density at radius 2 is 0.942 bits per heavy atom. The molecule has 4 heterocycles. The van der Waals surface area contributed by atoms with Crippen LogP contribution in [-0.4, -0.2) is 16.1 Å². The lowest BCUT2D eigenvalue weighted by atomic mass is 9.72. The lowest BCUT2D eigenvalue weighted by Crippen LogP contribution is -2.51. The first kappa shape index (κ1) is 39.8. The van der Waals surface area contributed by atoms with Gasteiger partial charge in [-0.15, -0.1) is 0 Å². The highest BCUT2D eigenvalue weighted by Gasteiger charge is 2.49. The van der Waals surface area contributed by atoms with Crippen LogP contribution in [0.15, 0.2) is 173 Å².